The van der Waals surface area contributed by atoms with Crippen LogP contribution in [0.5, 0.6) is 0 Å². The molecule has 4 nitrogen and oxygen atoms in total. The number of hydrogen-bond acceptors (Lipinski definition) is 3. The molecule has 0 bridgehead atoms. The highest BCUT2D eigenvalue weighted by Gasteiger charge is 2.61. The van der Waals surface area contributed by atoms with E-state index >= 15 is 0 Å². The van der Waals surface area contributed by atoms with Crippen molar-refractivity contribution in [3.8, 4) is 0 Å². The Bertz CT molecular complexity index is 682. The lowest BCUT2D eigenvalue weighted by molar-refractivity contribution is -0.143. The molecule has 8 atom stereocenters. The highest BCUT2D eigenvalue weighted by Crippen LogP contribution is 2.67. The number of carboxylic acid groups (broad SMARTS) is 1. The molecule has 0 aromatic rings. The quantitative estimate of drug-likeness (QED) is 0.726. The van der Waals surface area contributed by atoms with Crippen LogP contribution in [0.25, 0.3) is 0 Å². The van der Waals surface area contributed by atoms with E-state index in [1.54, 1.807) is 6.92 Å². The second-order valence-electron chi connectivity index (χ2n) is 10.3. The topological polar surface area (TPSA) is 74.6 Å². The summed E-state index contributed by atoms with van der Waals surface area (Å²) < 4.78 is 0. The van der Waals surface area contributed by atoms with Crippen molar-refractivity contribution >= 4 is 11.8 Å². The first-order valence-corrected chi connectivity index (χ1v) is 10.8. The first-order valence-electron chi connectivity index (χ1n) is 10.8. The average molecular weight is 375 g/mol. The Morgan fingerprint density at radius 1 is 1.19 bits per heavy atom. The van der Waals surface area contributed by atoms with Crippen LogP contribution in [-0.2, 0) is 9.59 Å². The average Bonchev–Trinajstić information content (AvgIpc) is 2.93. The number of carbonyl (C=O) groups is 2. The fourth-order valence-electron chi connectivity index (χ4n) is 8.05. The minimum absolute atomic E-state index is 0.00663. The van der Waals surface area contributed by atoms with Gasteiger partial charge in [-0.15, -0.1) is 0 Å². The van der Waals surface area contributed by atoms with Gasteiger partial charge in [0.15, 0.2) is 0 Å². The van der Waals surface area contributed by atoms with Gasteiger partial charge >= 0.3 is 5.97 Å². The van der Waals surface area contributed by atoms with E-state index in [1.165, 1.54) is 5.57 Å². The highest BCUT2D eigenvalue weighted by atomic mass is 16.4. The predicted octanol–water partition coefficient (Wildman–Crippen LogP) is 4.22. The number of rotatable bonds is 3. The summed E-state index contributed by atoms with van der Waals surface area (Å²) in [6, 6.07) is 0. The Morgan fingerprint density at radius 2 is 1.93 bits per heavy atom. The Labute approximate surface area is 162 Å². The molecule has 0 amide bonds. The number of Topliss-reactive ketones (excluding diaryl/α,β-unsaturated/α-hetero) is 1. The zero-order chi connectivity index (χ0) is 19.6. The molecule has 0 heterocycles. The lowest BCUT2D eigenvalue weighted by Crippen LogP contribution is -2.54. The first kappa shape index (κ1) is 19.2. The lowest BCUT2D eigenvalue weighted by atomic mass is 9.44. The lowest BCUT2D eigenvalue weighted by Gasteiger charge is -2.60. The Hall–Kier alpha value is -1.16. The largest absolute Gasteiger partial charge is 0.481 e. The molecule has 0 saturated heterocycles. The van der Waals surface area contributed by atoms with Gasteiger partial charge in [-0.2, -0.15) is 0 Å². The summed E-state index contributed by atoms with van der Waals surface area (Å²) in [7, 11) is 0. The zero-order valence-corrected chi connectivity index (χ0v) is 16.9. The molecule has 3 fully saturated rings. The predicted molar refractivity (Wildman–Crippen MR) is 103 cm³/mol. The van der Waals surface area contributed by atoms with E-state index in [9.17, 15) is 19.8 Å². The van der Waals surface area contributed by atoms with Crippen LogP contribution in [0.15, 0.2) is 11.6 Å². The number of carbonyl (C=O) groups excluding carboxylic acids is 1. The molecule has 0 aliphatic heterocycles. The van der Waals surface area contributed by atoms with Gasteiger partial charge in [0.25, 0.3) is 0 Å². The van der Waals surface area contributed by atoms with E-state index in [0.29, 0.717) is 36.4 Å². The number of fused-ring (bicyclic) bond motifs is 5. The normalized spacial score (nSPS) is 48.8. The van der Waals surface area contributed by atoms with E-state index in [-0.39, 0.29) is 29.1 Å². The molecule has 4 aliphatic carbocycles. The van der Waals surface area contributed by atoms with E-state index in [1.807, 2.05) is 0 Å². The monoisotopic (exact) mass is 374 g/mol. The molecule has 4 rings (SSSR count). The molecule has 0 aromatic heterocycles. The van der Waals surface area contributed by atoms with Crippen LogP contribution >= 0.6 is 0 Å². The molecular formula is C23H34O4. The molecule has 2 unspecified atom stereocenters. The van der Waals surface area contributed by atoms with E-state index < -0.39 is 12.1 Å². The van der Waals surface area contributed by atoms with Gasteiger partial charge in [0.1, 0.15) is 5.78 Å². The van der Waals surface area contributed by atoms with E-state index in [0.717, 1.165) is 32.1 Å². The van der Waals surface area contributed by atoms with Crippen LogP contribution in [0.2, 0.25) is 0 Å². The summed E-state index contributed by atoms with van der Waals surface area (Å²) in [5, 5.41) is 19.9. The number of aliphatic hydroxyl groups is 1. The van der Waals surface area contributed by atoms with Crippen molar-refractivity contribution in [2.75, 3.05) is 0 Å². The van der Waals surface area contributed by atoms with Gasteiger partial charge in [0.05, 0.1) is 6.10 Å². The smallest absolute Gasteiger partial charge is 0.303 e. The minimum Gasteiger partial charge on any atom is -0.481 e. The fourth-order valence-corrected chi connectivity index (χ4v) is 8.05. The summed E-state index contributed by atoms with van der Waals surface area (Å²) in [5.41, 5.74) is 1.31. The standard InChI is InChI=1S/C23H34O4/c1-13(24)18-6-7-19-17-5-4-14-10-16(25)11-15(12-21(26)27)23(14,3)20(17)8-9-22(18,19)2/h4,15-20,25H,5-12H2,1-3H3,(H,26,27)/t15?,16?,17-,18+,19-,20-,22+,23+/m0/s1. The number of carboxylic acids is 1. The minimum atomic E-state index is -0.755. The fraction of sp³-hybridized carbons (Fsp3) is 0.826. The number of hydrogen-bond donors (Lipinski definition) is 2. The maximum Gasteiger partial charge on any atom is 0.303 e. The molecule has 0 radical (unpaired) electrons. The van der Waals surface area contributed by atoms with Gasteiger partial charge in [-0.1, -0.05) is 25.5 Å². The Kier molecular flexibility index (Phi) is 4.57. The third kappa shape index (κ3) is 2.73. The third-order valence-corrected chi connectivity index (χ3v) is 9.31. The molecule has 3 saturated carbocycles. The Morgan fingerprint density at radius 3 is 2.59 bits per heavy atom. The number of aliphatic carboxylic acids is 1. The molecule has 0 aromatic carbocycles. The van der Waals surface area contributed by atoms with E-state index in [4.69, 9.17) is 0 Å². The number of aliphatic hydroxyl groups excluding tert-OH is 1. The van der Waals surface area contributed by atoms with Crippen molar-refractivity contribution in [2.45, 2.75) is 78.2 Å². The summed E-state index contributed by atoms with van der Waals surface area (Å²) >= 11 is 0. The molecular weight excluding hydrogens is 340 g/mol. The highest BCUT2D eigenvalue weighted by molar-refractivity contribution is 5.79. The van der Waals surface area contributed by atoms with Crippen LogP contribution in [0, 0.1) is 40.4 Å². The molecule has 150 valence electrons. The summed E-state index contributed by atoms with van der Waals surface area (Å²) in [5.74, 6) is 1.40. The Balaban J connectivity index is 1.70. The van der Waals surface area contributed by atoms with Crippen LogP contribution in [0.3, 0.4) is 0 Å². The van der Waals surface area contributed by atoms with Crippen LogP contribution in [0.1, 0.15) is 72.1 Å². The molecule has 27 heavy (non-hydrogen) atoms. The van der Waals surface area contributed by atoms with Gasteiger partial charge in [0.2, 0.25) is 0 Å². The second kappa shape index (κ2) is 6.43. The van der Waals surface area contributed by atoms with Gasteiger partial charge in [-0.3, -0.25) is 9.59 Å². The first-order chi connectivity index (χ1) is 12.7. The summed E-state index contributed by atoms with van der Waals surface area (Å²) in [4.78, 5) is 23.8. The van der Waals surface area contributed by atoms with Crippen LogP contribution in [0.4, 0.5) is 0 Å². The van der Waals surface area contributed by atoms with Crippen molar-refractivity contribution in [1.82, 2.24) is 0 Å². The van der Waals surface area contributed by atoms with Crippen LogP contribution in [-0.4, -0.2) is 28.1 Å². The molecule has 4 heteroatoms. The van der Waals surface area contributed by atoms with Gasteiger partial charge < -0.3 is 10.2 Å². The number of ketones is 1. The van der Waals surface area contributed by atoms with Crippen molar-refractivity contribution in [3.05, 3.63) is 11.6 Å². The van der Waals surface area contributed by atoms with Crippen molar-refractivity contribution in [1.29, 1.82) is 0 Å². The maximum atomic E-state index is 12.3. The van der Waals surface area contributed by atoms with Crippen molar-refractivity contribution in [2.24, 2.45) is 40.4 Å². The summed E-state index contributed by atoms with van der Waals surface area (Å²) in [6.45, 7) is 6.39. The zero-order valence-electron chi connectivity index (χ0n) is 16.9. The van der Waals surface area contributed by atoms with Gasteiger partial charge in [-0.25, -0.2) is 0 Å². The molecule has 2 N–H and O–H groups in total. The second-order valence-corrected chi connectivity index (χ2v) is 10.3. The van der Waals surface area contributed by atoms with Crippen molar-refractivity contribution < 1.29 is 19.8 Å². The maximum absolute atomic E-state index is 12.3. The van der Waals surface area contributed by atoms with Gasteiger partial charge in [0, 0.05) is 12.3 Å². The van der Waals surface area contributed by atoms with E-state index in [2.05, 4.69) is 19.9 Å². The molecule has 4 aliphatic rings. The van der Waals surface area contributed by atoms with Crippen LogP contribution < -0.4 is 0 Å². The SMILES string of the molecule is CC(=O)[C@H]1CC[C@H]2[C@@H]3CC=C4CC(O)CC(CC(=O)O)[C@]4(C)[C@H]3CC[C@]12C. The molecule has 0 spiro atoms. The third-order valence-electron chi connectivity index (χ3n) is 9.31. The van der Waals surface area contributed by atoms with Gasteiger partial charge in [-0.05, 0) is 86.4 Å². The summed E-state index contributed by atoms with van der Waals surface area (Å²) in [6.07, 6.45) is 8.72. The number of allylic oxidation sites excluding steroid dienone is 1. The van der Waals surface area contributed by atoms with Crippen molar-refractivity contribution in [3.63, 3.8) is 0 Å².